The Balaban J connectivity index is 1.60. The van der Waals surface area contributed by atoms with Gasteiger partial charge in [-0.15, -0.1) is 0 Å². The van der Waals surface area contributed by atoms with Crippen molar-refractivity contribution < 1.29 is 19.1 Å². The summed E-state index contributed by atoms with van der Waals surface area (Å²) in [7, 11) is 0. The molecule has 1 aromatic carbocycles. The van der Waals surface area contributed by atoms with Crippen molar-refractivity contribution in [2.24, 2.45) is 0 Å². The van der Waals surface area contributed by atoms with Gasteiger partial charge in [-0.1, -0.05) is 11.6 Å². The third kappa shape index (κ3) is 4.02. The van der Waals surface area contributed by atoms with Gasteiger partial charge in [0.25, 0.3) is 11.8 Å². The number of halogens is 1. The first-order chi connectivity index (χ1) is 11.1. The topological polar surface area (TPSA) is 76.7 Å². The van der Waals surface area contributed by atoms with Crippen LogP contribution in [0.15, 0.2) is 18.2 Å². The van der Waals surface area contributed by atoms with Crippen LogP contribution in [0, 0.1) is 0 Å². The molecule has 23 heavy (non-hydrogen) atoms. The third-order valence-electron chi connectivity index (χ3n) is 3.94. The highest BCUT2D eigenvalue weighted by Crippen LogP contribution is 2.27. The van der Waals surface area contributed by atoms with Crippen LogP contribution in [0.2, 0.25) is 5.02 Å². The summed E-state index contributed by atoms with van der Waals surface area (Å²) in [5, 5.41) is 5.89. The highest BCUT2D eigenvalue weighted by atomic mass is 35.5. The molecule has 124 valence electrons. The Kier molecular flexibility index (Phi) is 5.15. The molecule has 2 heterocycles. The van der Waals surface area contributed by atoms with Crippen molar-refractivity contribution in [1.29, 1.82) is 0 Å². The standard InChI is InChI=1S/C16H19ClN2O4/c17-11-9-10(18-15(20)13-3-1-7-22-13)5-6-12(11)19-16(21)14-4-2-8-23-14/h5-6,9,13-14H,1-4,7-8H2,(H,18,20)(H,19,21)/t13-,14+/m1/s1. The second-order valence-electron chi connectivity index (χ2n) is 5.68. The Morgan fingerprint density at radius 3 is 2.13 bits per heavy atom. The van der Waals surface area contributed by atoms with E-state index in [9.17, 15) is 9.59 Å². The summed E-state index contributed by atoms with van der Waals surface area (Å²) in [6.07, 6.45) is 2.43. The minimum Gasteiger partial charge on any atom is -0.368 e. The summed E-state index contributed by atoms with van der Waals surface area (Å²) >= 11 is 6.19. The first-order valence-electron chi connectivity index (χ1n) is 7.78. The van der Waals surface area contributed by atoms with E-state index in [1.165, 1.54) is 0 Å². The molecule has 7 heteroatoms. The molecule has 2 N–H and O–H groups in total. The average Bonchev–Trinajstić information content (AvgIpc) is 3.23. The summed E-state index contributed by atoms with van der Waals surface area (Å²) in [5.41, 5.74) is 1.08. The van der Waals surface area contributed by atoms with E-state index >= 15 is 0 Å². The number of carbonyl (C=O) groups excluding carboxylic acids is 2. The molecule has 2 aliphatic heterocycles. The van der Waals surface area contributed by atoms with Crippen LogP contribution in [-0.2, 0) is 19.1 Å². The lowest BCUT2D eigenvalue weighted by molar-refractivity contribution is -0.125. The van der Waals surface area contributed by atoms with Crippen LogP contribution < -0.4 is 10.6 Å². The fourth-order valence-electron chi connectivity index (χ4n) is 2.70. The van der Waals surface area contributed by atoms with E-state index in [1.54, 1.807) is 18.2 Å². The van der Waals surface area contributed by atoms with E-state index in [0.29, 0.717) is 29.6 Å². The number of anilines is 2. The van der Waals surface area contributed by atoms with Crippen molar-refractivity contribution in [3.05, 3.63) is 23.2 Å². The maximum atomic E-state index is 12.0. The first-order valence-corrected chi connectivity index (χ1v) is 8.16. The Hall–Kier alpha value is -1.63. The number of amides is 2. The van der Waals surface area contributed by atoms with Crippen molar-refractivity contribution in [3.63, 3.8) is 0 Å². The van der Waals surface area contributed by atoms with Crippen molar-refractivity contribution in [3.8, 4) is 0 Å². The van der Waals surface area contributed by atoms with Gasteiger partial charge in [0.05, 0.1) is 10.7 Å². The van der Waals surface area contributed by atoms with E-state index in [2.05, 4.69) is 10.6 Å². The summed E-state index contributed by atoms with van der Waals surface area (Å²) in [6.45, 7) is 1.23. The van der Waals surface area contributed by atoms with Crippen molar-refractivity contribution >= 4 is 34.8 Å². The second-order valence-corrected chi connectivity index (χ2v) is 6.08. The normalized spacial score (nSPS) is 23.7. The molecule has 2 atom stereocenters. The quantitative estimate of drug-likeness (QED) is 0.884. The molecule has 0 bridgehead atoms. The fourth-order valence-corrected chi connectivity index (χ4v) is 2.93. The summed E-state index contributed by atoms with van der Waals surface area (Å²) < 4.78 is 10.7. The second kappa shape index (κ2) is 7.29. The molecule has 2 fully saturated rings. The lowest BCUT2D eigenvalue weighted by Crippen LogP contribution is -2.27. The zero-order valence-electron chi connectivity index (χ0n) is 12.6. The Labute approximate surface area is 139 Å². The number of nitrogens with one attached hydrogen (secondary N) is 2. The number of hydrogen-bond donors (Lipinski definition) is 2. The van der Waals surface area contributed by atoms with E-state index in [-0.39, 0.29) is 11.8 Å². The van der Waals surface area contributed by atoms with Gasteiger partial charge in [0.2, 0.25) is 0 Å². The minimum absolute atomic E-state index is 0.172. The maximum absolute atomic E-state index is 12.0. The van der Waals surface area contributed by atoms with E-state index in [1.807, 2.05) is 0 Å². The van der Waals surface area contributed by atoms with Gasteiger partial charge in [-0.2, -0.15) is 0 Å². The molecule has 3 rings (SSSR count). The molecule has 0 saturated carbocycles. The third-order valence-corrected chi connectivity index (χ3v) is 4.25. The van der Waals surface area contributed by atoms with Gasteiger partial charge in [0.1, 0.15) is 12.2 Å². The van der Waals surface area contributed by atoms with Gasteiger partial charge in [-0.25, -0.2) is 0 Å². The predicted molar refractivity (Wildman–Crippen MR) is 86.7 cm³/mol. The Morgan fingerprint density at radius 2 is 1.61 bits per heavy atom. The molecular formula is C16H19ClN2O4. The van der Waals surface area contributed by atoms with Crippen molar-refractivity contribution in [1.82, 2.24) is 0 Å². The number of benzene rings is 1. The largest absolute Gasteiger partial charge is 0.368 e. The van der Waals surface area contributed by atoms with E-state index in [4.69, 9.17) is 21.1 Å². The smallest absolute Gasteiger partial charge is 0.253 e. The van der Waals surface area contributed by atoms with Crippen LogP contribution in [0.5, 0.6) is 0 Å². The molecule has 0 radical (unpaired) electrons. The van der Waals surface area contributed by atoms with Crippen molar-refractivity contribution in [2.75, 3.05) is 23.8 Å². The van der Waals surface area contributed by atoms with Crippen LogP contribution in [-0.4, -0.2) is 37.2 Å². The minimum atomic E-state index is -0.412. The van der Waals surface area contributed by atoms with E-state index < -0.39 is 12.2 Å². The molecule has 6 nitrogen and oxygen atoms in total. The summed E-state index contributed by atoms with van der Waals surface area (Å²) in [5.74, 6) is -0.366. The lowest BCUT2D eigenvalue weighted by atomic mass is 10.2. The fraction of sp³-hybridized carbons (Fsp3) is 0.500. The number of rotatable bonds is 4. The molecule has 0 unspecified atom stereocenters. The number of carbonyl (C=O) groups is 2. The monoisotopic (exact) mass is 338 g/mol. The van der Waals surface area contributed by atoms with Gasteiger partial charge in [0, 0.05) is 18.9 Å². The summed E-state index contributed by atoms with van der Waals surface area (Å²) in [6, 6.07) is 4.98. The molecule has 0 spiro atoms. The predicted octanol–water partition coefficient (Wildman–Crippen LogP) is 2.58. The van der Waals surface area contributed by atoms with Crippen LogP contribution >= 0.6 is 11.6 Å². The highest BCUT2D eigenvalue weighted by molar-refractivity contribution is 6.34. The average molecular weight is 339 g/mol. The first kappa shape index (κ1) is 16.2. The molecular weight excluding hydrogens is 320 g/mol. The van der Waals surface area contributed by atoms with Gasteiger partial charge in [0.15, 0.2) is 0 Å². The molecule has 2 aliphatic rings. The summed E-state index contributed by atoms with van der Waals surface area (Å²) in [4.78, 5) is 24.0. The zero-order chi connectivity index (χ0) is 16.2. The van der Waals surface area contributed by atoms with Gasteiger partial charge in [-0.3, -0.25) is 9.59 Å². The molecule has 1 aromatic rings. The SMILES string of the molecule is O=C(Nc1ccc(NC(=O)[C@H]2CCCO2)cc1Cl)[C@@H]1CCCO1. The molecule has 2 saturated heterocycles. The Bertz CT molecular complexity index is 596. The van der Waals surface area contributed by atoms with Crippen molar-refractivity contribution in [2.45, 2.75) is 37.9 Å². The number of ether oxygens (including phenoxy) is 2. The van der Waals surface area contributed by atoms with Crippen LogP contribution in [0.3, 0.4) is 0 Å². The van der Waals surface area contributed by atoms with Crippen LogP contribution in [0.4, 0.5) is 11.4 Å². The zero-order valence-corrected chi connectivity index (χ0v) is 13.4. The molecule has 0 aromatic heterocycles. The Morgan fingerprint density at radius 1 is 1.00 bits per heavy atom. The van der Waals surface area contributed by atoms with Crippen LogP contribution in [0.1, 0.15) is 25.7 Å². The van der Waals surface area contributed by atoms with Gasteiger partial charge < -0.3 is 20.1 Å². The highest BCUT2D eigenvalue weighted by Gasteiger charge is 2.25. The maximum Gasteiger partial charge on any atom is 0.253 e. The van der Waals surface area contributed by atoms with Gasteiger partial charge in [-0.05, 0) is 43.9 Å². The van der Waals surface area contributed by atoms with Gasteiger partial charge >= 0.3 is 0 Å². The molecule has 0 aliphatic carbocycles. The number of hydrogen-bond acceptors (Lipinski definition) is 4. The van der Waals surface area contributed by atoms with E-state index in [0.717, 1.165) is 25.7 Å². The lowest BCUT2D eigenvalue weighted by Gasteiger charge is -2.14. The van der Waals surface area contributed by atoms with Crippen LogP contribution in [0.25, 0.3) is 0 Å². The molecule has 2 amide bonds.